The Morgan fingerprint density at radius 2 is 1.93 bits per heavy atom. The van der Waals surface area contributed by atoms with Crippen molar-refractivity contribution in [3.63, 3.8) is 0 Å². The molecule has 0 radical (unpaired) electrons. The summed E-state index contributed by atoms with van der Waals surface area (Å²) in [4.78, 5) is 11.3. The van der Waals surface area contributed by atoms with Gasteiger partial charge in [0.25, 0.3) is 0 Å². The predicted molar refractivity (Wildman–Crippen MR) is 56.4 cm³/mol. The van der Waals surface area contributed by atoms with Gasteiger partial charge in [-0.2, -0.15) is 0 Å². The fourth-order valence-corrected chi connectivity index (χ4v) is 3.64. The SMILES string of the molecule is CC(C)C1CCC(C)C2C(C(N)=O)C12. The molecule has 2 rings (SSSR count). The summed E-state index contributed by atoms with van der Waals surface area (Å²) in [6.07, 6.45) is 2.58. The summed E-state index contributed by atoms with van der Waals surface area (Å²) in [6, 6.07) is 0. The topological polar surface area (TPSA) is 43.1 Å². The van der Waals surface area contributed by atoms with Crippen LogP contribution in [0.15, 0.2) is 0 Å². The van der Waals surface area contributed by atoms with Crippen LogP contribution < -0.4 is 5.73 Å². The third-order valence-electron chi connectivity index (χ3n) is 4.42. The summed E-state index contributed by atoms with van der Waals surface area (Å²) in [6.45, 7) is 6.82. The van der Waals surface area contributed by atoms with Crippen molar-refractivity contribution in [2.45, 2.75) is 33.6 Å². The Kier molecular flexibility index (Phi) is 2.32. The highest BCUT2D eigenvalue weighted by Crippen LogP contribution is 2.61. The van der Waals surface area contributed by atoms with Crippen molar-refractivity contribution in [1.82, 2.24) is 0 Å². The lowest BCUT2D eigenvalue weighted by Gasteiger charge is -2.28. The van der Waals surface area contributed by atoms with E-state index >= 15 is 0 Å². The summed E-state index contributed by atoms with van der Waals surface area (Å²) < 4.78 is 0. The summed E-state index contributed by atoms with van der Waals surface area (Å²) in [7, 11) is 0. The lowest BCUT2D eigenvalue weighted by Crippen LogP contribution is -2.20. The van der Waals surface area contributed by atoms with Gasteiger partial charge in [0.2, 0.25) is 5.91 Å². The van der Waals surface area contributed by atoms with Gasteiger partial charge >= 0.3 is 0 Å². The zero-order valence-corrected chi connectivity index (χ0v) is 9.36. The molecule has 2 saturated carbocycles. The van der Waals surface area contributed by atoms with Gasteiger partial charge in [0.1, 0.15) is 0 Å². The number of nitrogens with two attached hydrogens (primary N) is 1. The van der Waals surface area contributed by atoms with Crippen molar-refractivity contribution in [3.8, 4) is 0 Å². The second-order valence-electron chi connectivity index (χ2n) is 5.55. The van der Waals surface area contributed by atoms with Crippen molar-refractivity contribution in [2.75, 3.05) is 0 Å². The standard InChI is InChI=1S/C12H21NO/c1-6(2)8-5-4-7(3)9-10(8)11(9)12(13)14/h6-11H,4-5H2,1-3H3,(H2,13,14). The van der Waals surface area contributed by atoms with E-state index in [1.165, 1.54) is 12.8 Å². The van der Waals surface area contributed by atoms with E-state index in [0.717, 1.165) is 5.92 Å². The monoisotopic (exact) mass is 195 g/mol. The fourth-order valence-electron chi connectivity index (χ4n) is 3.64. The van der Waals surface area contributed by atoms with Gasteiger partial charge < -0.3 is 5.73 Å². The largest absolute Gasteiger partial charge is 0.369 e. The molecule has 2 N–H and O–H groups in total. The molecule has 2 heteroatoms. The van der Waals surface area contributed by atoms with Crippen molar-refractivity contribution in [1.29, 1.82) is 0 Å². The zero-order valence-electron chi connectivity index (χ0n) is 9.36. The lowest BCUT2D eigenvalue weighted by atomic mass is 9.77. The third-order valence-corrected chi connectivity index (χ3v) is 4.42. The number of rotatable bonds is 2. The normalized spacial score (nSPS) is 46.1. The molecule has 5 atom stereocenters. The van der Waals surface area contributed by atoms with E-state index in [2.05, 4.69) is 20.8 Å². The first-order valence-corrected chi connectivity index (χ1v) is 5.83. The summed E-state index contributed by atoms with van der Waals surface area (Å²) in [5, 5.41) is 0. The van der Waals surface area contributed by atoms with Gasteiger partial charge in [-0.3, -0.25) is 4.79 Å². The second-order valence-corrected chi connectivity index (χ2v) is 5.55. The Balaban J connectivity index is 2.11. The summed E-state index contributed by atoms with van der Waals surface area (Å²) in [5.74, 6) is 3.56. The molecule has 0 heterocycles. The Labute approximate surface area is 86.2 Å². The molecule has 0 saturated heterocycles. The quantitative estimate of drug-likeness (QED) is 0.720. The second kappa shape index (κ2) is 3.25. The molecule has 1 amide bonds. The highest BCUT2D eigenvalue weighted by Gasteiger charge is 2.61. The summed E-state index contributed by atoms with van der Waals surface area (Å²) in [5.41, 5.74) is 5.44. The van der Waals surface area contributed by atoms with E-state index in [1.807, 2.05) is 0 Å². The molecule has 2 aliphatic rings. The smallest absolute Gasteiger partial charge is 0.221 e. The number of amides is 1. The van der Waals surface area contributed by atoms with E-state index in [-0.39, 0.29) is 11.8 Å². The number of fused-ring (bicyclic) bond motifs is 1. The first-order chi connectivity index (χ1) is 6.54. The minimum atomic E-state index is -0.0561. The molecule has 2 fully saturated rings. The first kappa shape index (κ1) is 10.0. The van der Waals surface area contributed by atoms with Crippen molar-refractivity contribution in [2.24, 2.45) is 41.2 Å². The van der Waals surface area contributed by atoms with Crippen LogP contribution in [0.5, 0.6) is 0 Å². The minimum Gasteiger partial charge on any atom is -0.369 e. The molecule has 2 nitrogen and oxygen atoms in total. The Morgan fingerprint density at radius 3 is 2.43 bits per heavy atom. The van der Waals surface area contributed by atoms with Crippen molar-refractivity contribution >= 4 is 5.91 Å². The summed E-state index contributed by atoms with van der Waals surface area (Å²) >= 11 is 0. The van der Waals surface area contributed by atoms with Crippen LogP contribution in [0.3, 0.4) is 0 Å². The Bertz CT molecular complexity index is 249. The van der Waals surface area contributed by atoms with Crippen molar-refractivity contribution in [3.05, 3.63) is 0 Å². The number of hydrogen-bond donors (Lipinski definition) is 1. The maximum absolute atomic E-state index is 11.3. The molecule has 0 aliphatic heterocycles. The molecule has 80 valence electrons. The van der Waals surface area contributed by atoms with Crippen molar-refractivity contribution < 1.29 is 4.79 Å². The Hall–Kier alpha value is -0.530. The number of hydrogen-bond acceptors (Lipinski definition) is 1. The maximum Gasteiger partial charge on any atom is 0.221 e. The molecule has 5 unspecified atom stereocenters. The van der Waals surface area contributed by atoms with Gasteiger partial charge in [0.05, 0.1) is 0 Å². The van der Waals surface area contributed by atoms with E-state index in [4.69, 9.17) is 5.73 Å². The van der Waals surface area contributed by atoms with Crippen LogP contribution in [0.25, 0.3) is 0 Å². The van der Waals surface area contributed by atoms with Gasteiger partial charge in [0, 0.05) is 5.92 Å². The molecule has 0 aromatic carbocycles. The van der Waals surface area contributed by atoms with Gasteiger partial charge in [-0.05, 0) is 36.0 Å². The van der Waals surface area contributed by atoms with Crippen LogP contribution in [0.1, 0.15) is 33.6 Å². The molecule has 14 heavy (non-hydrogen) atoms. The average Bonchev–Trinajstić information content (AvgIpc) is 2.79. The van der Waals surface area contributed by atoms with Crippen LogP contribution in [0.2, 0.25) is 0 Å². The highest BCUT2D eigenvalue weighted by atomic mass is 16.1. The highest BCUT2D eigenvalue weighted by molar-refractivity contribution is 5.80. The van der Waals surface area contributed by atoms with Gasteiger partial charge in [-0.25, -0.2) is 0 Å². The average molecular weight is 195 g/mol. The number of primary amides is 1. The molecule has 0 aromatic heterocycles. The van der Waals surface area contributed by atoms with E-state index < -0.39 is 0 Å². The third kappa shape index (κ3) is 1.35. The Morgan fingerprint density at radius 1 is 1.29 bits per heavy atom. The van der Waals surface area contributed by atoms with E-state index in [1.54, 1.807) is 0 Å². The molecule has 0 aromatic rings. The predicted octanol–water partition coefficient (Wildman–Crippen LogP) is 2.04. The van der Waals surface area contributed by atoms with Crippen LogP contribution in [0.4, 0.5) is 0 Å². The van der Waals surface area contributed by atoms with Gasteiger partial charge in [-0.15, -0.1) is 0 Å². The number of carbonyl (C=O) groups excluding carboxylic acids is 1. The zero-order chi connectivity index (χ0) is 10.5. The lowest BCUT2D eigenvalue weighted by molar-refractivity contribution is -0.119. The molecule has 0 spiro atoms. The van der Waals surface area contributed by atoms with Crippen LogP contribution in [0, 0.1) is 35.5 Å². The molecular formula is C12H21NO. The maximum atomic E-state index is 11.3. The van der Waals surface area contributed by atoms with E-state index in [0.29, 0.717) is 23.7 Å². The molecular weight excluding hydrogens is 174 g/mol. The number of carbonyl (C=O) groups is 1. The fraction of sp³-hybridized carbons (Fsp3) is 0.917. The molecule has 0 bridgehead atoms. The van der Waals surface area contributed by atoms with Crippen LogP contribution in [-0.2, 0) is 4.79 Å². The van der Waals surface area contributed by atoms with Gasteiger partial charge in [0.15, 0.2) is 0 Å². The van der Waals surface area contributed by atoms with E-state index in [9.17, 15) is 4.79 Å². The van der Waals surface area contributed by atoms with Crippen LogP contribution >= 0.6 is 0 Å². The van der Waals surface area contributed by atoms with Crippen LogP contribution in [-0.4, -0.2) is 5.91 Å². The van der Waals surface area contributed by atoms with Gasteiger partial charge in [-0.1, -0.05) is 27.2 Å². The first-order valence-electron chi connectivity index (χ1n) is 5.83. The molecule has 2 aliphatic carbocycles. The minimum absolute atomic E-state index is 0.0561.